The summed E-state index contributed by atoms with van der Waals surface area (Å²) in [7, 11) is 0. The van der Waals surface area contributed by atoms with Crippen molar-refractivity contribution < 1.29 is 22.8 Å². The van der Waals surface area contributed by atoms with Gasteiger partial charge in [-0.3, -0.25) is 9.59 Å². The number of rotatable bonds is 6. The maximum absolute atomic E-state index is 13.5. The summed E-state index contributed by atoms with van der Waals surface area (Å²) in [6, 6.07) is 5.35. The number of piperidine rings is 1. The molecule has 0 aromatic heterocycles. The number of carbonyl (C=O) groups is 2. The van der Waals surface area contributed by atoms with E-state index in [4.69, 9.17) is 5.26 Å². The quantitative estimate of drug-likeness (QED) is 0.695. The number of halogens is 3. The molecule has 2 aliphatic heterocycles. The molecule has 2 heterocycles. The molecular weight excluding hydrogens is 433 g/mol. The Morgan fingerprint density at radius 1 is 1.18 bits per heavy atom. The van der Waals surface area contributed by atoms with Crippen molar-refractivity contribution in [2.45, 2.75) is 45.7 Å². The molecule has 3 rings (SSSR count). The van der Waals surface area contributed by atoms with Crippen LogP contribution in [0, 0.1) is 29.1 Å². The van der Waals surface area contributed by atoms with Gasteiger partial charge in [-0.2, -0.15) is 18.4 Å². The minimum Gasteiger partial charge on any atom is -0.370 e. The monoisotopic (exact) mass is 464 g/mol. The topological polar surface area (TPSA) is 76.4 Å². The lowest BCUT2D eigenvalue weighted by Crippen LogP contribution is -2.43. The zero-order valence-corrected chi connectivity index (χ0v) is 19.1. The number of carbonyl (C=O) groups excluding carboxylic acids is 2. The highest BCUT2D eigenvalue weighted by atomic mass is 19.4. The first kappa shape index (κ1) is 24.9. The average molecular weight is 465 g/mol. The van der Waals surface area contributed by atoms with Crippen molar-refractivity contribution in [1.29, 1.82) is 5.26 Å². The zero-order valence-electron chi connectivity index (χ0n) is 19.1. The molecule has 2 fully saturated rings. The second-order valence-electron chi connectivity index (χ2n) is 8.88. The highest BCUT2D eigenvalue weighted by molar-refractivity contribution is 5.80. The number of nitrogens with zero attached hydrogens (tertiary/aromatic N) is 3. The summed E-state index contributed by atoms with van der Waals surface area (Å²) >= 11 is 0. The van der Waals surface area contributed by atoms with E-state index in [2.05, 4.69) is 5.32 Å². The third-order valence-corrected chi connectivity index (χ3v) is 6.81. The summed E-state index contributed by atoms with van der Waals surface area (Å²) in [5, 5.41) is 11.9. The maximum Gasteiger partial charge on any atom is 0.417 e. The van der Waals surface area contributed by atoms with Crippen LogP contribution in [0.4, 0.5) is 18.9 Å². The Labute approximate surface area is 192 Å². The standard InChI is InChI=1S/C24H31F3N4O2/c1-3-5-22(32)30-10-8-16(9-11-30)19-14-31(15-20(19)23(33)29-4-2)18-7-6-17(13-28)21(12-18)24(25,26)27/h6-7,12,16,19-20H,3-5,8-11,14-15H2,1-2H3,(H,29,33)/t19-,20+/m0/s1. The fourth-order valence-electron chi connectivity index (χ4n) is 5.11. The number of nitriles is 1. The minimum atomic E-state index is -4.63. The Morgan fingerprint density at radius 2 is 1.88 bits per heavy atom. The predicted molar refractivity (Wildman–Crippen MR) is 118 cm³/mol. The van der Waals surface area contributed by atoms with Gasteiger partial charge in [-0.05, 0) is 56.2 Å². The first-order chi connectivity index (χ1) is 15.7. The Bertz CT molecular complexity index is 904. The first-order valence-corrected chi connectivity index (χ1v) is 11.6. The highest BCUT2D eigenvalue weighted by Gasteiger charge is 2.43. The lowest BCUT2D eigenvalue weighted by molar-refractivity contribution is -0.137. The van der Waals surface area contributed by atoms with E-state index in [0.717, 1.165) is 25.3 Å². The third-order valence-electron chi connectivity index (χ3n) is 6.81. The van der Waals surface area contributed by atoms with Crippen molar-refractivity contribution in [3.8, 4) is 6.07 Å². The molecule has 0 aliphatic carbocycles. The van der Waals surface area contributed by atoms with Crippen LogP contribution in [-0.2, 0) is 15.8 Å². The van der Waals surface area contributed by atoms with E-state index in [-0.39, 0.29) is 29.6 Å². The molecule has 1 N–H and O–H groups in total. The van der Waals surface area contributed by atoms with Gasteiger partial charge in [-0.15, -0.1) is 0 Å². The van der Waals surface area contributed by atoms with E-state index in [9.17, 15) is 22.8 Å². The van der Waals surface area contributed by atoms with Crippen molar-refractivity contribution in [3.63, 3.8) is 0 Å². The van der Waals surface area contributed by atoms with Crippen LogP contribution in [0.3, 0.4) is 0 Å². The maximum atomic E-state index is 13.5. The molecule has 1 aromatic rings. The summed E-state index contributed by atoms with van der Waals surface area (Å²) in [6.07, 6.45) is -1.73. The van der Waals surface area contributed by atoms with Gasteiger partial charge < -0.3 is 15.1 Å². The normalized spacial score (nSPS) is 21.7. The number of alkyl halides is 3. The predicted octanol–water partition coefficient (Wildman–Crippen LogP) is 3.80. The van der Waals surface area contributed by atoms with E-state index in [1.807, 2.05) is 23.6 Å². The van der Waals surface area contributed by atoms with Crippen molar-refractivity contribution in [2.24, 2.45) is 17.8 Å². The molecule has 180 valence electrons. The van der Waals surface area contributed by atoms with Crippen LogP contribution in [0.5, 0.6) is 0 Å². The van der Waals surface area contributed by atoms with Gasteiger partial charge in [-0.1, -0.05) is 6.92 Å². The number of hydrogen-bond acceptors (Lipinski definition) is 4. The van der Waals surface area contributed by atoms with Gasteiger partial charge in [0.2, 0.25) is 11.8 Å². The Balaban J connectivity index is 1.80. The smallest absolute Gasteiger partial charge is 0.370 e. The second kappa shape index (κ2) is 10.4. The molecule has 2 saturated heterocycles. The van der Waals surface area contributed by atoms with Gasteiger partial charge in [0.15, 0.2) is 0 Å². The molecular formula is C24H31F3N4O2. The molecule has 0 saturated carbocycles. The van der Waals surface area contributed by atoms with E-state index in [0.29, 0.717) is 44.8 Å². The Hall–Kier alpha value is -2.76. The molecule has 9 heteroatoms. The molecule has 1 aromatic carbocycles. The SMILES string of the molecule is CCCC(=O)N1CCC([C@@H]2CN(c3ccc(C#N)c(C(F)(F)F)c3)C[C@H]2C(=O)NCC)CC1. The van der Waals surface area contributed by atoms with Crippen LogP contribution in [0.15, 0.2) is 18.2 Å². The van der Waals surface area contributed by atoms with Crippen LogP contribution >= 0.6 is 0 Å². The number of amides is 2. The number of hydrogen-bond donors (Lipinski definition) is 1. The molecule has 33 heavy (non-hydrogen) atoms. The number of nitrogens with one attached hydrogen (secondary N) is 1. The molecule has 2 atom stereocenters. The largest absolute Gasteiger partial charge is 0.417 e. The van der Waals surface area contributed by atoms with Gasteiger partial charge in [-0.25, -0.2) is 0 Å². The fourth-order valence-corrected chi connectivity index (χ4v) is 5.11. The van der Waals surface area contributed by atoms with Gasteiger partial charge >= 0.3 is 6.18 Å². The molecule has 2 aliphatic rings. The molecule has 6 nitrogen and oxygen atoms in total. The molecule has 2 amide bonds. The van der Waals surface area contributed by atoms with E-state index < -0.39 is 17.3 Å². The van der Waals surface area contributed by atoms with Crippen molar-refractivity contribution in [2.75, 3.05) is 37.6 Å². The van der Waals surface area contributed by atoms with E-state index in [1.54, 1.807) is 6.07 Å². The number of likely N-dealkylation sites (tertiary alicyclic amines) is 1. The minimum absolute atomic E-state index is 0.00930. The molecule has 0 unspecified atom stereocenters. The van der Waals surface area contributed by atoms with Crippen LogP contribution in [0.25, 0.3) is 0 Å². The van der Waals surface area contributed by atoms with Crippen molar-refractivity contribution in [3.05, 3.63) is 29.3 Å². The van der Waals surface area contributed by atoms with Crippen LogP contribution < -0.4 is 10.2 Å². The van der Waals surface area contributed by atoms with Gasteiger partial charge in [0.25, 0.3) is 0 Å². The summed E-state index contributed by atoms with van der Waals surface area (Å²) in [6.45, 7) is 6.40. The van der Waals surface area contributed by atoms with Crippen LogP contribution in [0.1, 0.15) is 50.7 Å². The summed E-state index contributed by atoms with van der Waals surface area (Å²) in [5.74, 6) is -0.0581. The molecule has 0 spiro atoms. The lowest BCUT2D eigenvalue weighted by atomic mass is 9.78. The number of benzene rings is 1. The van der Waals surface area contributed by atoms with Crippen LogP contribution in [-0.4, -0.2) is 49.4 Å². The molecule has 0 radical (unpaired) electrons. The van der Waals surface area contributed by atoms with E-state index >= 15 is 0 Å². The summed E-state index contributed by atoms with van der Waals surface area (Å²) in [5.41, 5.74) is -0.997. The van der Waals surface area contributed by atoms with Crippen LogP contribution in [0.2, 0.25) is 0 Å². The van der Waals surface area contributed by atoms with Gasteiger partial charge in [0.05, 0.1) is 23.1 Å². The molecule has 0 bridgehead atoms. The average Bonchev–Trinajstić information content (AvgIpc) is 3.24. The highest BCUT2D eigenvalue weighted by Crippen LogP contribution is 2.40. The number of anilines is 1. The summed E-state index contributed by atoms with van der Waals surface area (Å²) in [4.78, 5) is 28.8. The van der Waals surface area contributed by atoms with Gasteiger partial charge in [0.1, 0.15) is 0 Å². The van der Waals surface area contributed by atoms with E-state index in [1.165, 1.54) is 12.1 Å². The Morgan fingerprint density at radius 3 is 2.45 bits per heavy atom. The summed E-state index contributed by atoms with van der Waals surface area (Å²) < 4.78 is 40.4. The van der Waals surface area contributed by atoms with Crippen molar-refractivity contribution >= 4 is 17.5 Å². The second-order valence-corrected chi connectivity index (χ2v) is 8.88. The zero-order chi connectivity index (χ0) is 24.2. The first-order valence-electron chi connectivity index (χ1n) is 11.6. The van der Waals surface area contributed by atoms with Gasteiger partial charge in [0, 0.05) is 44.8 Å². The Kier molecular flexibility index (Phi) is 7.88. The third kappa shape index (κ3) is 5.60. The lowest BCUT2D eigenvalue weighted by Gasteiger charge is -2.36. The fraction of sp³-hybridized carbons (Fsp3) is 0.625. The van der Waals surface area contributed by atoms with Crippen molar-refractivity contribution in [1.82, 2.24) is 10.2 Å².